The number of benzene rings is 3. The highest BCUT2D eigenvalue weighted by atomic mass is 14.9. The van der Waals surface area contributed by atoms with Crippen molar-refractivity contribution < 1.29 is 0 Å². The molecule has 2 aromatic heterocycles. The standard InChI is InChI=1S/C26H10N8/c27-7-15-11-31-25(32-12-15)17-1-3-19-21(5-17)24(10-30)20-4-2-18(6-22(20)23(19)9-29)26-33-13-16(8-28)14-34-26/h1-6,11-14H. The number of nitrogens with zero attached hydrogens (tertiary/aromatic N) is 8. The van der Waals surface area contributed by atoms with E-state index in [1.165, 1.54) is 24.8 Å². The Morgan fingerprint density at radius 3 is 1.18 bits per heavy atom. The van der Waals surface area contributed by atoms with Gasteiger partial charge in [0.15, 0.2) is 11.6 Å². The third-order valence-electron chi connectivity index (χ3n) is 5.42. The number of fused-ring (bicyclic) bond motifs is 2. The maximum Gasteiger partial charge on any atom is 0.159 e. The minimum absolute atomic E-state index is 0.349. The van der Waals surface area contributed by atoms with E-state index in [1.54, 1.807) is 36.4 Å². The highest BCUT2D eigenvalue weighted by molar-refractivity contribution is 6.10. The molecule has 2 heterocycles. The van der Waals surface area contributed by atoms with Gasteiger partial charge in [0.05, 0.1) is 22.3 Å². The minimum Gasteiger partial charge on any atom is -0.235 e. The SMILES string of the molecule is N#Cc1cnc(-c2ccc3c(C#N)c4cc(-c5ncc(C#N)cn5)ccc4c(C#N)c3c2)nc1. The average Bonchev–Trinajstić information content (AvgIpc) is 2.91. The fourth-order valence-electron chi connectivity index (χ4n) is 3.82. The second kappa shape index (κ2) is 8.09. The lowest BCUT2D eigenvalue weighted by Crippen LogP contribution is -1.95. The summed E-state index contributed by atoms with van der Waals surface area (Å²) in [5, 5.41) is 40.4. The highest BCUT2D eigenvalue weighted by Crippen LogP contribution is 2.36. The van der Waals surface area contributed by atoms with E-state index < -0.39 is 0 Å². The fourth-order valence-corrected chi connectivity index (χ4v) is 3.82. The zero-order valence-electron chi connectivity index (χ0n) is 17.4. The summed E-state index contributed by atoms with van der Waals surface area (Å²) in [6, 6.07) is 19.2. The van der Waals surface area contributed by atoms with Gasteiger partial charge < -0.3 is 0 Å². The molecule has 0 aliphatic heterocycles. The van der Waals surface area contributed by atoms with Crippen LogP contribution in [0.2, 0.25) is 0 Å². The van der Waals surface area contributed by atoms with Gasteiger partial charge in [-0.3, -0.25) is 0 Å². The summed E-state index contributed by atoms with van der Waals surface area (Å²) in [4.78, 5) is 16.9. The van der Waals surface area contributed by atoms with Gasteiger partial charge in [-0.2, -0.15) is 21.0 Å². The van der Waals surface area contributed by atoms with Crippen molar-refractivity contribution in [3.8, 4) is 47.1 Å². The van der Waals surface area contributed by atoms with Gasteiger partial charge >= 0.3 is 0 Å². The normalized spacial score (nSPS) is 10.2. The molecule has 5 aromatic rings. The topological polar surface area (TPSA) is 147 Å². The van der Waals surface area contributed by atoms with E-state index in [0.29, 0.717) is 66.6 Å². The number of nitriles is 4. The molecule has 5 rings (SSSR count). The minimum atomic E-state index is 0.349. The molecule has 0 spiro atoms. The molecular formula is C26H10N8. The van der Waals surface area contributed by atoms with Gasteiger partial charge in [0.2, 0.25) is 0 Å². The molecule has 0 fully saturated rings. The summed E-state index contributed by atoms with van der Waals surface area (Å²) >= 11 is 0. The Balaban J connectivity index is 1.75. The van der Waals surface area contributed by atoms with Crippen molar-refractivity contribution in [3.05, 3.63) is 83.4 Å². The molecule has 0 aliphatic rings. The Hall–Kier alpha value is -5.70. The molecule has 34 heavy (non-hydrogen) atoms. The predicted molar refractivity (Wildman–Crippen MR) is 122 cm³/mol. The Bertz CT molecular complexity index is 1640. The largest absolute Gasteiger partial charge is 0.235 e. The van der Waals surface area contributed by atoms with Crippen LogP contribution in [0.3, 0.4) is 0 Å². The van der Waals surface area contributed by atoms with Crippen LogP contribution in [0.15, 0.2) is 61.2 Å². The van der Waals surface area contributed by atoms with Crippen molar-refractivity contribution in [2.75, 3.05) is 0 Å². The first-order valence-corrected chi connectivity index (χ1v) is 9.95. The van der Waals surface area contributed by atoms with Crippen LogP contribution in [-0.2, 0) is 0 Å². The van der Waals surface area contributed by atoms with Gasteiger partial charge in [0.25, 0.3) is 0 Å². The first kappa shape index (κ1) is 20.2. The van der Waals surface area contributed by atoms with Crippen LogP contribution in [0.1, 0.15) is 22.3 Å². The molecule has 8 heteroatoms. The second-order valence-corrected chi connectivity index (χ2v) is 7.31. The number of hydrogen-bond acceptors (Lipinski definition) is 8. The highest BCUT2D eigenvalue weighted by Gasteiger charge is 2.16. The van der Waals surface area contributed by atoms with Crippen molar-refractivity contribution in [2.45, 2.75) is 0 Å². The van der Waals surface area contributed by atoms with Gasteiger partial charge in [-0.15, -0.1) is 0 Å². The van der Waals surface area contributed by atoms with E-state index in [-0.39, 0.29) is 0 Å². The molecule has 0 amide bonds. The van der Waals surface area contributed by atoms with Crippen LogP contribution in [0.25, 0.3) is 44.3 Å². The summed E-state index contributed by atoms with van der Waals surface area (Å²) in [7, 11) is 0. The van der Waals surface area contributed by atoms with Crippen LogP contribution in [-0.4, -0.2) is 19.9 Å². The Morgan fingerprint density at radius 2 is 0.853 bits per heavy atom. The number of rotatable bonds is 2. The van der Waals surface area contributed by atoms with Crippen LogP contribution < -0.4 is 0 Å². The summed E-state index contributed by atoms with van der Waals surface area (Å²) < 4.78 is 0. The molecule has 0 N–H and O–H groups in total. The van der Waals surface area contributed by atoms with Crippen molar-refractivity contribution in [2.24, 2.45) is 0 Å². The van der Waals surface area contributed by atoms with Crippen molar-refractivity contribution in [1.82, 2.24) is 19.9 Å². The summed E-state index contributed by atoms with van der Waals surface area (Å²) in [6.45, 7) is 0. The van der Waals surface area contributed by atoms with E-state index >= 15 is 0 Å². The second-order valence-electron chi connectivity index (χ2n) is 7.31. The number of hydrogen-bond donors (Lipinski definition) is 0. The number of aromatic nitrogens is 4. The lowest BCUT2D eigenvalue weighted by Gasteiger charge is -2.12. The van der Waals surface area contributed by atoms with Gasteiger partial charge in [-0.05, 0) is 12.1 Å². The van der Waals surface area contributed by atoms with Crippen LogP contribution in [0.5, 0.6) is 0 Å². The molecule has 0 unspecified atom stereocenters. The molecule has 0 saturated carbocycles. The Morgan fingerprint density at radius 1 is 0.471 bits per heavy atom. The zero-order valence-corrected chi connectivity index (χ0v) is 17.4. The predicted octanol–water partition coefficient (Wildman–Crippen LogP) is 4.39. The van der Waals surface area contributed by atoms with E-state index in [4.69, 9.17) is 10.5 Å². The third kappa shape index (κ3) is 3.22. The molecule has 0 bridgehead atoms. The molecule has 154 valence electrons. The van der Waals surface area contributed by atoms with Gasteiger partial charge in [-0.25, -0.2) is 19.9 Å². The lowest BCUT2D eigenvalue weighted by molar-refractivity contribution is 1.16. The molecule has 0 atom stereocenters. The van der Waals surface area contributed by atoms with E-state index in [0.717, 1.165) is 0 Å². The van der Waals surface area contributed by atoms with Gasteiger partial charge in [0.1, 0.15) is 24.3 Å². The van der Waals surface area contributed by atoms with Crippen molar-refractivity contribution in [1.29, 1.82) is 21.0 Å². The monoisotopic (exact) mass is 434 g/mol. The van der Waals surface area contributed by atoms with Crippen molar-refractivity contribution in [3.63, 3.8) is 0 Å². The summed E-state index contributed by atoms with van der Waals surface area (Å²) in [5.41, 5.74) is 2.88. The molecule has 0 saturated heterocycles. The maximum atomic E-state index is 10.0. The Labute approximate surface area is 193 Å². The molecular weight excluding hydrogens is 424 g/mol. The lowest BCUT2D eigenvalue weighted by atomic mass is 9.90. The van der Waals surface area contributed by atoms with E-state index in [9.17, 15) is 10.5 Å². The van der Waals surface area contributed by atoms with Crippen LogP contribution in [0.4, 0.5) is 0 Å². The van der Waals surface area contributed by atoms with Crippen molar-refractivity contribution >= 4 is 21.5 Å². The zero-order chi connectivity index (χ0) is 23.7. The van der Waals surface area contributed by atoms with Gasteiger partial charge in [-0.1, -0.05) is 24.3 Å². The van der Waals surface area contributed by atoms with E-state index in [2.05, 4.69) is 32.1 Å². The Kier molecular flexibility index (Phi) is 4.81. The van der Waals surface area contributed by atoms with Crippen LogP contribution in [0, 0.1) is 45.3 Å². The van der Waals surface area contributed by atoms with E-state index in [1.807, 2.05) is 12.1 Å². The third-order valence-corrected chi connectivity index (χ3v) is 5.42. The van der Waals surface area contributed by atoms with Gasteiger partial charge in [0, 0.05) is 57.5 Å². The smallest absolute Gasteiger partial charge is 0.159 e. The quantitative estimate of drug-likeness (QED) is 0.372. The molecule has 0 radical (unpaired) electrons. The first-order valence-electron chi connectivity index (χ1n) is 9.95. The molecule has 3 aromatic carbocycles. The summed E-state index contributed by atoms with van der Waals surface area (Å²) in [6.07, 6.45) is 5.74. The molecule has 0 aliphatic carbocycles. The first-order chi connectivity index (χ1) is 16.7. The van der Waals surface area contributed by atoms with Crippen LogP contribution >= 0.6 is 0 Å². The fraction of sp³-hybridized carbons (Fsp3) is 0. The summed E-state index contributed by atoms with van der Waals surface area (Å²) in [5.74, 6) is 0.827. The average molecular weight is 434 g/mol. The maximum absolute atomic E-state index is 10.0. The molecule has 8 nitrogen and oxygen atoms in total.